The Kier molecular flexibility index (Phi) is 9.29. The molecule has 1 unspecified atom stereocenters. The number of rotatable bonds is 8. The molecule has 0 spiro atoms. The fourth-order valence-electron chi connectivity index (χ4n) is 1.61. The van der Waals surface area contributed by atoms with Gasteiger partial charge in [-0.3, -0.25) is 4.79 Å². The summed E-state index contributed by atoms with van der Waals surface area (Å²) >= 11 is 2.29. The van der Waals surface area contributed by atoms with Crippen LogP contribution in [-0.2, 0) is 4.79 Å². The highest BCUT2D eigenvalue weighted by molar-refractivity contribution is 8.04. The van der Waals surface area contributed by atoms with Crippen molar-refractivity contribution in [1.29, 1.82) is 0 Å². The first-order chi connectivity index (χ1) is 9.26. The lowest BCUT2D eigenvalue weighted by molar-refractivity contribution is -0.120. The van der Waals surface area contributed by atoms with Crippen molar-refractivity contribution in [2.75, 3.05) is 19.3 Å². The summed E-state index contributed by atoms with van der Waals surface area (Å²) in [4.78, 5) is 13.0. The van der Waals surface area contributed by atoms with Crippen molar-refractivity contribution in [2.24, 2.45) is 5.41 Å². The lowest BCUT2D eigenvalue weighted by atomic mass is 9.86. The molecule has 0 bridgehead atoms. The van der Waals surface area contributed by atoms with Crippen LogP contribution in [0.25, 0.3) is 0 Å². The molecule has 6 heteroatoms. The van der Waals surface area contributed by atoms with Gasteiger partial charge < -0.3 is 15.2 Å². The Labute approximate surface area is 131 Å². The van der Waals surface area contributed by atoms with Gasteiger partial charge in [-0.2, -0.15) is 0 Å². The molecule has 0 saturated carbocycles. The molecule has 0 aliphatic heterocycles. The van der Waals surface area contributed by atoms with Crippen molar-refractivity contribution in [3.8, 4) is 0 Å². The fourth-order valence-corrected chi connectivity index (χ4v) is 2.75. The largest absolute Gasteiger partial charge is 0.352 e. The molecule has 0 aromatic carbocycles. The number of carbonyl (C=O) groups is 1. The summed E-state index contributed by atoms with van der Waals surface area (Å²) in [6.07, 6.45) is 3.61. The molecule has 1 amide bonds. The molecule has 1 atom stereocenters. The normalized spacial score (nSPS) is 14.5. The van der Waals surface area contributed by atoms with Gasteiger partial charge in [0.1, 0.15) is 0 Å². The Bertz CT molecular complexity index is 363. The van der Waals surface area contributed by atoms with E-state index in [9.17, 15) is 9.35 Å². The van der Waals surface area contributed by atoms with E-state index in [0.717, 1.165) is 9.81 Å². The summed E-state index contributed by atoms with van der Waals surface area (Å²) in [6, 6.07) is 0.0528. The second kappa shape index (κ2) is 9.50. The number of nitrogens with one attached hydrogen (secondary N) is 2. The first kappa shape index (κ1) is 19.6. The van der Waals surface area contributed by atoms with E-state index in [1.807, 2.05) is 6.26 Å². The zero-order chi connectivity index (χ0) is 15.8. The number of hydrogen-bond acceptors (Lipinski definition) is 5. The van der Waals surface area contributed by atoms with Crippen LogP contribution in [0, 0.1) is 5.41 Å². The van der Waals surface area contributed by atoms with E-state index in [0.29, 0.717) is 25.1 Å². The van der Waals surface area contributed by atoms with E-state index in [2.05, 4.69) is 38.0 Å². The molecule has 3 N–H and O–H groups in total. The van der Waals surface area contributed by atoms with Crippen LogP contribution in [0.1, 0.15) is 27.7 Å². The predicted octanol–water partition coefficient (Wildman–Crippen LogP) is 3.09. The maximum atomic E-state index is 11.3. The second-order valence-corrected chi connectivity index (χ2v) is 7.06. The van der Waals surface area contributed by atoms with E-state index in [4.69, 9.17) is 0 Å². The number of allylic oxidation sites excluding steroid dienone is 1. The van der Waals surface area contributed by atoms with E-state index < -0.39 is 0 Å². The van der Waals surface area contributed by atoms with E-state index in [1.54, 1.807) is 17.8 Å². The molecule has 0 fully saturated rings. The Morgan fingerprint density at radius 3 is 2.40 bits per heavy atom. The summed E-state index contributed by atoms with van der Waals surface area (Å²) in [6.45, 7) is 12.8. The third-order valence-corrected chi connectivity index (χ3v) is 4.46. The van der Waals surface area contributed by atoms with Gasteiger partial charge in [-0.05, 0) is 11.7 Å². The number of carbonyl (C=O) groups excluding carboxylic acids is 1. The van der Waals surface area contributed by atoms with Crippen LogP contribution in [0.15, 0.2) is 22.5 Å². The standard InChI is InChI=1S/C14H26N2O2S2/c1-7-11(20-18)12(19-6)8-15-9-13(14(3,4)5)16-10(2)17/h7,13,15,18H,1,8-9H2,2-6H3,(H,16,17)/b12-11+. The fraction of sp³-hybridized carbons (Fsp3) is 0.643. The number of hydrogen-bond donors (Lipinski definition) is 3. The quantitative estimate of drug-likeness (QED) is 0.474. The molecule has 0 aliphatic rings. The van der Waals surface area contributed by atoms with Gasteiger partial charge in [0.25, 0.3) is 0 Å². The lowest BCUT2D eigenvalue weighted by Crippen LogP contribution is -2.49. The molecular weight excluding hydrogens is 292 g/mol. The van der Waals surface area contributed by atoms with Crippen LogP contribution >= 0.6 is 23.8 Å². The third kappa shape index (κ3) is 7.38. The highest BCUT2D eigenvalue weighted by atomic mass is 32.2. The predicted molar refractivity (Wildman–Crippen MR) is 90.9 cm³/mol. The first-order valence-corrected chi connectivity index (χ1v) is 8.44. The van der Waals surface area contributed by atoms with Crippen LogP contribution < -0.4 is 10.6 Å². The first-order valence-electron chi connectivity index (χ1n) is 6.45. The zero-order valence-electron chi connectivity index (χ0n) is 12.9. The molecule has 116 valence electrons. The lowest BCUT2D eigenvalue weighted by Gasteiger charge is -2.31. The minimum atomic E-state index is -0.0231. The van der Waals surface area contributed by atoms with Gasteiger partial charge in [0.05, 0.1) is 0 Å². The smallest absolute Gasteiger partial charge is 0.217 e. The monoisotopic (exact) mass is 318 g/mol. The highest BCUT2D eigenvalue weighted by Crippen LogP contribution is 2.24. The van der Waals surface area contributed by atoms with E-state index in [-0.39, 0.29) is 17.4 Å². The van der Waals surface area contributed by atoms with Gasteiger partial charge in [0.2, 0.25) is 5.91 Å². The van der Waals surface area contributed by atoms with Crippen molar-refractivity contribution in [3.05, 3.63) is 22.5 Å². The Morgan fingerprint density at radius 1 is 1.45 bits per heavy atom. The average Bonchev–Trinajstić information content (AvgIpc) is 2.35. The Morgan fingerprint density at radius 2 is 2.05 bits per heavy atom. The van der Waals surface area contributed by atoms with E-state index >= 15 is 0 Å². The maximum Gasteiger partial charge on any atom is 0.217 e. The molecule has 0 radical (unpaired) electrons. The summed E-state index contributed by atoms with van der Waals surface area (Å²) in [5.74, 6) is -0.0231. The molecule has 4 nitrogen and oxygen atoms in total. The van der Waals surface area contributed by atoms with Gasteiger partial charge in [-0.25, -0.2) is 0 Å². The summed E-state index contributed by atoms with van der Waals surface area (Å²) in [5.41, 5.74) is -0.0189. The molecule has 0 aliphatic carbocycles. The van der Waals surface area contributed by atoms with Gasteiger partial charge >= 0.3 is 0 Å². The third-order valence-electron chi connectivity index (χ3n) is 2.86. The minimum Gasteiger partial charge on any atom is -0.352 e. The van der Waals surface area contributed by atoms with Crippen LogP contribution in [0.3, 0.4) is 0 Å². The molecule has 0 rings (SSSR count). The molecule has 0 heterocycles. The maximum absolute atomic E-state index is 11.3. The summed E-state index contributed by atoms with van der Waals surface area (Å²) < 4.78 is 9.17. The Balaban J connectivity index is 4.61. The van der Waals surface area contributed by atoms with Crippen LogP contribution in [0.2, 0.25) is 0 Å². The number of amides is 1. The van der Waals surface area contributed by atoms with Crippen molar-refractivity contribution < 1.29 is 9.35 Å². The summed E-state index contributed by atoms with van der Waals surface area (Å²) in [5, 5.41) is 6.30. The van der Waals surface area contributed by atoms with Crippen molar-refractivity contribution in [3.63, 3.8) is 0 Å². The topological polar surface area (TPSA) is 61.4 Å². The highest BCUT2D eigenvalue weighted by Gasteiger charge is 2.24. The van der Waals surface area contributed by atoms with Crippen LogP contribution in [-0.4, -0.2) is 35.8 Å². The van der Waals surface area contributed by atoms with Gasteiger partial charge in [0.15, 0.2) is 0 Å². The Hall–Kier alpha value is -0.430. The second-order valence-electron chi connectivity index (χ2n) is 5.54. The minimum absolute atomic E-state index is 0.0189. The van der Waals surface area contributed by atoms with Crippen LogP contribution in [0.5, 0.6) is 0 Å². The SMILES string of the molecule is C=C/C(SO)=C(/CNCC(NC(C)=O)C(C)(C)C)SC. The van der Waals surface area contributed by atoms with E-state index in [1.165, 1.54) is 6.92 Å². The average molecular weight is 319 g/mol. The number of thioether (sulfide) groups is 1. The van der Waals surface area contributed by atoms with Crippen molar-refractivity contribution >= 4 is 29.7 Å². The van der Waals surface area contributed by atoms with Gasteiger partial charge in [-0.1, -0.05) is 33.4 Å². The van der Waals surface area contributed by atoms with Gasteiger partial charge in [-0.15, -0.1) is 11.8 Å². The van der Waals surface area contributed by atoms with Crippen molar-refractivity contribution in [2.45, 2.75) is 33.7 Å². The molecule has 0 aromatic rings. The van der Waals surface area contributed by atoms with Crippen LogP contribution in [0.4, 0.5) is 0 Å². The molecule has 0 aromatic heterocycles. The molecule has 0 saturated heterocycles. The zero-order valence-corrected chi connectivity index (χ0v) is 14.6. The molecule has 20 heavy (non-hydrogen) atoms. The van der Waals surface area contributed by atoms with Crippen molar-refractivity contribution in [1.82, 2.24) is 10.6 Å². The summed E-state index contributed by atoms with van der Waals surface area (Å²) in [7, 11) is 0. The van der Waals surface area contributed by atoms with Gasteiger partial charge in [0, 0.05) is 47.9 Å². The molecular formula is C14H26N2O2S2.